The van der Waals surface area contributed by atoms with Crippen molar-refractivity contribution in [3.8, 4) is 11.3 Å². The molecule has 0 atom stereocenters. The molecule has 0 amide bonds. The highest BCUT2D eigenvalue weighted by Gasteiger charge is 2.10. The Morgan fingerprint density at radius 2 is 1.58 bits per heavy atom. The van der Waals surface area contributed by atoms with E-state index in [4.69, 9.17) is 0 Å². The van der Waals surface area contributed by atoms with Crippen LogP contribution in [0.4, 0.5) is 0 Å². The van der Waals surface area contributed by atoms with Crippen LogP contribution in [0.5, 0.6) is 0 Å². The summed E-state index contributed by atoms with van der Waals surface area (Å²) in [6, 6.07) is 17.6. The minimum Gasteiger partial charge on any atom is -0.267 e. The second-order valence-electron chi connectivity index (χ2n) is 4.38. The van der Waals surface area contributed by atoms with Crippen molar-refractivity contribution in [1.29, 1.82) is 0 Å². The van der Waals surface area contributed by atoms with E-state index in [1.807, 2.05) is 61.5 Å². The predicted octanol–water partition coefficient (Wildman–Crippen LogP) is 3.08. The van der Waals surface area contributed by atoms with Crippen molar-refractivity contribution in [1.82, 2.24) is 9.78 Å². The number of aromatic nitrogens is 2. The first-order chi connectivity index (χ1) is 9.31. The van der Waals surface area contributed by atoms with E-state index in [1.54, 1.807) is 0 Å². The molecule has 1 heterocycles. The minimum absolute atomic E-state index is 0.0298. The van der Waals surface area contributed by atoms with Crippen molar-refractivity contribution in [2.45, 2.75) is 13.5 Å². The highest BCUT2D eigenvalue weighted by molar-refractivity contribution is 5.93. The molecule has 0 aliphatic rings. The summed E-state index contributed by atoms with van der Waals surface area (Å²) in [5.74, 6) is 0. The van der Waals surface area contributed by atoms with Gasteiger partial charge in [-0.15, -0.1) is 0 Å². The molecule has 0 bridgehead atoms. The van der Waals surface area contributed by atoms with Gasteiger partial charge in [-0.2, -0.15) is 5.10 Å². The zero-order chi connectivity index (χ0) is 13.2. The maximum absolute atomic E-state index is 12.2. The quantitative estimate of drug-likeness (QED) is 0.700. The number of hydrogen-bond donors (Lipinski definition) is 0. The fourth-order valence-corrected chi connectivity index (χ4v) is 2.26. The van der Waals surface area contributed by atoms with Crippen LogP contribution in [0.15, 0.2) is 59.4 Å². The van der Waals surface area contributed by atoms with Crippen LogP contribution in [-0.2, 0) is 6.54 Å². The Morgan fingerprint density at radius 3 is 2.26 bits per heavy atom. The molecule has 94 valence electrons. The van der Waals surface area contributed by atoms with Crippen LogP contribution in [0.25, 0.3) is 22.0 Å². The van der Waals surface area contributed by atoms with Gasteiger partial charge >= 0.3 is 0 Å². The SMILES string of the molecule is CCn1nc(-c2ccccc2)c2ccccc2c1=O. The molecule has 0 aliphatic carbocycles. The summed E-state index contributed by atoms with van der Waals surface area (Å²) in [7, 11) is 0. The van der Waals surface area contributed by atoms with E-state index >= 15 is 0 Å². The van der Waals surface area contributed by atoms with Gasteiger partial charge in [0.1, 0.15) is 0 Å². The number of hydrogen-bond acceptors (Lipinski definition) is 2. The van der Waals surface area contributed by atoms with Crippen molar-refractivity contribution < 1.29 is 0 Å². The maximum atomic E-state index is 12.2. The van der Waals surface area contributed by atoms with Gasteiger partial charge in [0.15, 0.2) is 0 Å². The molecule has 3 rings (SSSR count). The van der Waals surface area contributed by atoms with Gasteiger partial charge in [0.05, 0.1) is 11.1 Å². The Balaban J connectivity index is 2.42. The van der Waals surface area contributed by atoms with Crippen molar-refractivity contribution in [2.75, 3.05) is 0 Å². The first kappa shape index (κ1) is 11.7. The summed E-state index contributed by atoms with van der Waals surface area (Å²) in [6.07, 6.45) is 0. The van der Waals surface area contributed by atoms with Crippen molar-refractivity contribution in [3.63, 3.8) is 0 Å². The third-order valence-electron chi connectivity index (χ3n) is 3.21. The smallest absolute Gasteiger partial charge is 0.267 e. The molecule has 3 aromatic rings. The van der Waals surface area contributed by atoms with Gasteiger partial charge < -0.3 is 0 Å². The number of rotatable bonds is 2. The molecule has 19 heavy (non-hydrogen) atoms. The molecule has 3 nitrogen and oxygen atoms in total. The molecule has 0 N–H and O–H groups in total. The third kappa shape index (κ3) is 1.93. The number of aryl methyl sites for hydroxylation is 1. The van der Waals surface area contributed by atoms with E-state index in [0.29, 0.717) is 6.54 Å². The second kappa shape index (κ2) is 4.69. The van der Waals surface area contributed by atoms with E-state index in [0.717, 1.165) is 22.0 Å². The van der Waals surface area contributed by atoms with Crippen LogP contribution in [0, 0.1) is 0 Å². The van der Waals surface area contributed by atoms with Crippen LogP contribution in [-0.4, -0.2) is 9.78 Å². The summed E-state index contributed by atoms with van der Waals surface area (Å²) in [6.45, 7) is 2.50. The van der Waals surface area contributed by atoms with Crippen LogP contribution in [0.3, 0.4) is 0 Å². The Bertz CT molecular complexity index is 776. The lowest BCUT2D eigenvalue weighted by Gasteiger charge is -2.09. The van der Waals surface area contributed by atoms with Gasteiger partial charge in [-0.25, -0.2) is 4.68 Å². The zero-order valence-corrected chi connectivity index (χ0v) is 10.7. The molecule has 1 aromatic heterocycles. The van der Waals surface area contributed by atoms with Crippen molar-refractivity contribution in [3.05, 3.63) is 65.0 Å². The molecule has 0 spiro atoms. The van der Waals surface area contributed by atoms with E-state index in [9.17, 15) is 4.79 Å². The van der Waals surface area contributed by atoms with Crippen LogP contribution in [0.2, 0.25) is 0 Å². The van der Waals surface area contributed by atoms with E-state index < -0.39 is 0 Å². The average Bonchev–Trinajstić information content (AvgIpc) is 2.49. The number of nitrogens with zero attached hydrogens (tertiary/aromatic N) is 2. The molecule has 0 unspecified atom stereocenters. The fraction of sp³-hybridized carbons (Fsp3) is 0.125. The van der Waals surface area contributed by atoms with Gasteiger partial charge in [0.25, 0.3) is 5.56 Å². The molecule has 0 fully saturated rings. The van der Waals surface area contributed by atoms with Gasteiger partial charge in [-0.1, -0.05) is 48.5 Å². The molecular weight excluding hydrogens is 236 g/mol. The molecule has 0 saturated heterocycles. The van der Waals surface area contributed by atoms with Crippen molar-refractivity contribution in [2.24, 2.45) is 0 Å². The first-order valence-corrected chi connectivity index (χ1v) is 6.36. The highest BCUT2D eigenvalue weighted by Crippen LogP contribution is 2.23. The standard InChI is InChI=1S/C16H14N2O/c1-2-18-16(19)14-11-7-6-10-13(14)15(17-18)12-8-4-3-5-9-12/h3-11H,2H2,1H3. The van der Waals surface area contributed by atoms with Gasteiger partial charge in [-0.3, -0.25) is 4.79 Å². The third-order valence-corrected chi connectivity index (χ3v) is 3.21. The molecular formula is C16H14N2O. The van der Waals surface area contributed by atoms with E-state index in [1.165, 1.54) is 4.68 Å². The highest BCUT2D eigenvalue weighted by atomic mass is 16.1. The number of fused-ring (bicyclic) bond motifs is 1. The van der Waals surface area contributed by atoms with Gasteiger partial charge in [-0.05, 0) is 13.0 Å². The fourth-order valence-electron chi connectivity index (χ4n) is 2.26. The summed E-state index contributed by atoms with van der Waals surface area (Å²) in [4.78, 5) is 12.2. The van der Waals surface area contributed by atoms with E-state index in [2.05, 4.69) is 5.10 Å². The molecule has 0 aliphatic heterocycles. The molecule has 0 saturated carbocycles. The summed E-state index contributed by atoms with van der Waals surface area (Å²) < 4.78 is 1.52. The molecule has 2 aromatic carbocycles. The minimum atomic E-state index is -0.0298. The van der Waals surface area contributed by atoms with Crippen LogP contribution >= 0.6 is 0 Å². The van der Waals surface area contributed by atoms with Gasteiger partial charge in [0.2, 0.25) is 0 Å². The Hall–Kier alpha value is -2.42. The lowest BCUT2D eigenvalue weighted by atomic mass is 10.1. The predicted molar refractivity (Wildman–Crippen MR) is 77.1 cm³/mol. The van der Waals surface area contributed by atoms with Gasteiger partial charge in [0, 0.05) is 17.5 Å². The average molecular weight is 250 g/mol. The molecule has 3 heteroatoms. The van der Waals surface area contributed by atoms with Crippen LogP contribution in [0.1, 0.15) is 6.92 Å². The van der Waals surface area contributed by atoms with Crippen molar-refractivity contribution >= 4 is 10.8 Å². The first-order valence-electron chi connectivity index (χ1n) is 6.36. The lowest BCUT2D eigenvalue weighted by Crippen LogP contribution is -2.22. The Labute approximate surface area is 111 Å². The summed E-state index contributed by atoms with van der Waals surface area (Å²) in [5.41, 5.74) is 1.86. The molecule has 0 radical (unpaired) electrons. The summed E-state index contributed by atoms with van der Waals surface area (Å²) >= 11 is 0. The van der Waals surface area contributed by atoms with E-state index in [-0.39, 0.29) is 5.56 Å². The lowest BCUT2D eigenvalue weighted by molar-refractivity contribution is 0.626. The van der Waals surface area contributed by atoms with Crippen LogP contribution < -0.4 is 5.56 Å². The largest absolute Gasteiger partial charge is 0.274 e. The zero-order valence-electron chi connectivity index (χ0n) is 10.7. The number of benzene rings is 2. The second-order valence-corrected chi connectivity index (χ2v) is 4.38. The monoisotopic (exact) mass is 250 g/mol. The Morgan fingerprint density at radius 1 is 0.947 bits per heavy atom. The topological polar surface area (TPSA) is 34.9 Å². The normalized spacial score (nSPS) is 10.8. The summed E-state index contributed by atoms with van der Waals surface area (Å²) in [5, 5.41) is 6.12. The maximum Gasteiger partial charge on any atom is 0.274 e. The Kier molecular flexibility index (Phi) is 2.88.